The Morgan fingerprint density at radius 2 is 1.95 bits per heavy atom. The quantitative estimate of drug-likeness (QED) is 0.872. The molecule has 0 saturated heterocycles. The Kier molecular flexibility index (Phi) is 5.92. The summed E-state index contributed by atoms with van der Waals surface area (Å²) in [6.45, 7) is 5.84. The number of benzene rings is 1. The predicted octanol–water partition coefficient (Wildman–Crippen LogP) is 4.42. The van der Waals surface area contributed by atoms with Crippen molar-refractivity contribution in [1.82, 2.24) is 0 Å². The van der Waals surface area contributed by atoms with Crippen LogP contribution in [0.1, 0.15) is 26.3 Å². The van der Waals surface area contributed by atoms with Crippen LogP contribution in [0, 0.1) is 5.92 Å². The van der Waals surface area contributed by atoms with E-state index in [2.05, 4.69) is 5.32 Å². The number of hydrogen-bond donors (Lipinski definition) is 1. The maximum absolute atomic E-state index is 12.6. The van der Waals surface area contributed by atoms with Gasteiger partial charge in [-0.25, -0.2) is 0 Å². The Morgan fingerprint density at radius 1 is 1.30 bits per heavy atom. The molecule has 1 amide bonds. The van der Waals surface area contributed by atoms with Crippen LogP contribution in [0.3, 0.4) is 0 Å². The van der Waals surface area contributed by atoms with Gasteiger partial charge in [0.05, 0.1) is 10.8 Å². The van der Waals surface area contributed by atoms with Gasteiger partial charge in [-0.1, -0.05) is 19.9 Å². The van der Waals surface area contributed by atoms with Gasteiger partial charge in [0.25, 0.3) is 0 Å². The molecule has 0 saturated carbocycles. The van der Waals surface area contributed by atoms with Gasteiger partial charge in [0.2, 0.25) is 5.91 Å². The minimum absolute atomic E-state index is 0.168. The second-order valence-electron chi connectivity index (χ2n) is 4.94. The Morgan fingerprint density at radius 3 is 2.50 bits per heavy atom. The first-order chi connectivity index (χ1) is 9.20. The summed E-state index contributed by atoms with van der Waals surface area (Å²) in [5.41, 5.74) is -0.598. The highest BCUT2D eigenvalue weighted by atomic mass is 32.2. The van der Waals surface area contributed by atoms with E-state index in [1.165, 1.54) is 23.9 Å². The van der Waals surface area contributed by atoms with E-state index in [1.807, 2.05) is 13.8 Å². The summed E-state index contributed by atoms with van der Waals surface area (Å²) in [6.07, 6.45) is -4.40. The molecule has 1 rings (SSSR count). The number of thioether (sulfide) groups is 1. The van der Waals surface area contributed by atoms with E-state index in [1.54, 1.807) is 6.92 Å². The molecule has 2 nitrogen and oxygen atoms in total. The van der Waals surface area contributed by atoms with Crippen molar-refractivity contribution in [2.45, 2.75) is 32.2 Å². The summed E-state index contributed by atoms with van der Waals surface area (Å²) in [6, 6.07) is 4.65. The number of nitrogens with one attached hydrogen (secondary N) is 1. The van der Waals surface area contributed by atoms with Crippen LogP contribution in [0.4, 0.5) is 18.9 Å². The van der Waals surface area contributed by atoms with Gasteiger partial charge in [-0.2, -0.15) is 13.2 Å². The minimum atomic E-state index is -4.40. The van der Waals surface area contributed by atoms with Crippen molar-refractivity contribution in [2.24, 2.45) is 5.92 Å². The van der Waals surface area contributed by atoms with Crippen LogP contribution in [-0.2, 0) is 11.0 Å². The lowest BCUT2D eigenvalue weighted by molar-refractivity contribution is -0.137. The monoisotopic (exact) mass is 305 g/mol. The summed E-state index contributed by atoms with van der Waals surface area (Å²) in [5.74, 6) is 1.01. The molecule has 0 radical (unpaired) electrons. The molecule has 1 atom stereocenters. The molecule has 0 spiro atoms. The Hall–Kier alpha value is -1.17. The third-order valence-electron chi connectivity index (χ3n) is 2.51. The standard InChI is InChI=1S/C14H18F3NOS/c1-9(2)8-20-10(3)13(19)18-12-6-4-5-11(7-12)14(15,16)17/h4-7,9-10H,8H2,1-3H3,(H,18,19). The van der Waals surface area contributed by atoms with Gasteiger partial charge in [-0.3, -0.25) is 4.79 Å². The number of carbonyl (C=O) groups is 1. The molecule has 6 heteroatoms. The van der Waals surface area contributed by atoms with Crippen molar-refractivity contribution >= 4 is 23.4 Å². The van der Waals surface area contributed by atoms with E-state index in [-0.39, 0.29) is 16.8 Å². The van der Waals surface area contributed by atoms with Crippen LogP contribution in [0.25, 0.3) is 0 Å². The molecular formula is C14H18F3NOS. The van der Waals surface area contributed by atoms with E-state index in [9.17, 15) is 18.0 Å². The molecule has 0 heterocycles. The normalized spacial score (nSPS) is 13.3. The molecular weight excluding hydrogens is 287 g/mol. The zero-order valence-electron chi connectivity index (χ0n) is 11.6. The lowest BCUT2D eigenvalue weighted by atomic mass is 10.2. The summed E-state index contributed by atoms with van der Waals surface area (Å²) in [7, 11) is 0. The van der Waals surface area contributed by atoms with Crippen molar-refractivity contribution in [3.05, 3.63) is 29.8 Å². The van der Waals surface area contributed by atoms with Crippen molar-refractivity contribution in [3.8, 4) is 0 Å². The number of hydrogen-bond acceptors (Lipinski definition) is 2. The molecule has 20 heavy (non-hydrogen) atoms. The Bertz CT molecular complexity index is 460. The van der Waals surface area contributed by atoms with E-state index < -0.39 is 11.7 Å². The molecule has 0 bridgehead atoms. The highest BCUT2D eigenvalue weighted by Gasteiger charge is 2.30. The maximum Gasteiger partial charge on any atom is 0.416 e. The molecule has 0 aliphatic carbocycles. The van der Waals surface area contributed by atoms with Crippen LogP contribution in [0.15, 0.2) is 24.3 Å². The largest absolute Gasteiger partial charge is 0.416 e. The predicted molar refractivity (Wildman–Crippen MR) is 76.8 cm³/mol. The molecule has 0 aliphatic rings. The van der Waals surface area contributed by atoms with Crippen LogP contribution in [0.2, 0.25) is 0 Å². The van der Waals surface area contributed by atoms with Crippen LogP contribution < -0.4 is 5.32 Å². The third kappa shape index (κ3) is 5.45. The van der Waals surface area contributed by atoms with Crippen molar-refractivity contribution in [3.63, 3.8) is 0 Å². The van der Waals surface area contributed by atoms with E-state index in [0.717, 1.165) is 17.9 Å². The molecule has 0 aliphatic heterocycles. The lowest BCUT2D eigenvalue weighted by Crippen LogP contribution is -2.23. The maximum atomic E-state index is 12.6. The average Bonchev–Trinajstić information content (AvgIpc) is 2.35. The van der Waals surface area contributed by atoms with Gasteiger partial charge in [0, 0.05) is 5.69 Å². The third-order valence-corrected chi connectivity index (χ3v) is 4.08. The summed E-state index contributed by atoms with van der Waals surface area (Å²) < 4.78 is 37.7. The van der Waals surface area contributed by atoms with E-state index >= 15 is 0 Å². The first-order valence-corrected chi connectivity index (χ1v) is 7.34. The first kappa shape index (κ1) is 16.9. The molecule has 1 aromatic rings. The summed E-state index contributed by atoms with van der Waals surface area (Å²) in [4.78, 5) is 11.9. The second kappa shape index (κ2) is 7.02. The SMILES string of the molecule is CC(C)CSC(C)C(=O)Nc1cccc(C(F)(F)F)c1. The minimum Gasteiger partial charge on any atom is -0.325 e. The molecule has 0 fully saturated rings. The van der Waals surface area contributed by atoms with Gasteiger partial charge in [-0.05, 0) is 36.8 Å². The molecule has 1 N–H and O–H groups in total. The fourth-order valence-electron chi connectivity index (χ4n) is 1.43. The number of halogens is 3. The van der Waals surface area contributed by atoms with Crippen LogP contribution >= 0.6 is 11.8 Å². The van der Waals surface area contributed by atoms with Crippen molar-refractivity contribution in [2.75, 3.05) is 11.1 Å². The van der Waals surface area contributed by atoms with Crippen LogP contribution in [-0.4, -0.2) is 16.9 Å². The fourth-order valence-corrected chi connectivity index (χ4v) is 2.31. The topological polar surface area (TPSA) is 29.1 Å². The molecule has 1 aromatic carbocycles. The lowest BCUT2D eigenvalue weighted by Gasteiger charge is -2.14. The highest BCUT2D eigenvalue weighted by Crippen LogP contribution is 2.30. The van der Waals surface area contributed by atoms with Gasteiger partial charge in [0.1, 0.15) is 0 Å². The summed E-state index contributed by atoms with van der Waals surface area (Å²) >= 11 is 1.49. The number of amides is 1. The van der Waals surface area contributed by atoms with Gasteiger partial charge in [0.15, 0.2) is 0 Å². The molecule has 112 valence electrons. The average molecular weight is 305 g/mol. The molecule has 1 unspecified atom stereocenters. The zero-order valence-corrected chi connectivity index (χ0v) is 12.4. The smallest absolute Gasteiger partial charge is 0.325 e. The number of carbonyl (C=O) groups excluding carboxylic acids is 1. The summed E-state index contributed by atoms with van der Waals surface area (Å²) in [5, 5.41) is 2.22. The van der Waals surface area contributed by atoms with Crippen LogP contribution in [0.5, 0.6) is 0 Å². The molecule has 0 aromatic heterocycles. The first-order valence-electron chi connectivity index (χ1n) is 6.30. The Labute approximate surface area is 121 Å². The highest BCUT2D eigenvalue weighted by molar-refractivity contribution is 8.00. The van der Waals surface area contributed by atoms with Gasteiger partial charge < -0.3 is 5.32 Å². The second-order valence-corrected chi connectivity index (χ2v) is 6.31. The zero-order chi connectivity index (χ0) is 15.3. The van der Waals surface area contributed by atoms with Crippen molar-refractivity contribution < 1.29 is 18.0 Å². The van der Waals surface area contributed by atoms with Crippen molar-refractivity contribution in [1.29, 1.82) is 0 Å². The van der Waals surface area contributed by atoms with E-state index in [0.29, 0.717) is 5.92 Å². The number of rotatable bonds is 5. The van der Waals surface area contributed by atoms with E-state index in [4.69, 9.17) is 0 Å². The Balaban J connectivity index is 2.66. The van der Waals surface area contributed by atoms with Gasteiger partial charge in [-0.15, -0.1) is 11.8 Å². The van der Waals surface area contributed by atoms with Gasteiger partial charge >= 0.3 is 6.18 Å². The number of alkyl halides is 3. The fraction of sp³-hybridized carbons (Fsp3) is 0.500. The number of anilines is 1.